The second-order valence-electron chi connectivity index (χ2n) is 12.1. The molecule has 3 atom stereocenters. The number of rotatable bonds is 10. The number of ketones is 1. The number of aliphatic hydroxyl groups is 2. The zero-order valence-electron chi connectivity index (χ0n) is 28.4. The summed E-state index contributed by atoms with van der Waals surface area (Å²) in [4.78, 5) is 11.1. The van der Waals surface area contributed by atoms with Gasteiger partial charge in [-0.2, -0.15) is 0 Å². The summed E-state index contributed by atoms with van der Waals surface area (Å²) in [7, 11) is 0. The van der Waals surface area contributed by atoms with Gasteiger partial charge in [-0.3, -0.25) is 4.79 Å². The number of nitrogens with one attached hydrogen (secondary N) is 1. The van der Waals surface area contributed by atoms with Gasteiger partial charge in [0, 0.05) is 25.6 Å². The van der Waals surface area contributed by atoms with Crippen LogP contribution in [0.4, 0.5) is 0 Å². The standard InChI is InChI=1S/C21H23NO2.C13H12O.C8H11NO2.ClH/c1-15(22-14-21(24)17-9-11-19(23)12-10-17)13-18-7-4-6-16-5-2-3-8-20(16)18;1-10(14)9-12-7-4-6-11-5-2-3-8-13(11)12;9-5-8(11)6-1-3-7(10)4-2-6;/h2-12,15,21-24H,13-14H2,1H3;2-8H,9H2,1H3;1-4,8,10-11H,5,9H2;1H. The van der Waals surface area contributed by atoms with Crippen molar-refractivity contribution in [3.63, 3.8) is 0 Å². The fourth-order valence-corrected chi connectivity index (χ4v) is 5.55. The lowest BCUT2D eigenvalue weighted by Gasteiger charge is -2.18. The number of Topliss-reactive ketones (excluding diaryl/α,β-unsaturated/α-hetero) is 1. The van der Waals surface area contributed by atoms with Crippen molar-refractivity contribution >= 4 is 39.7 Å². The van der Waals surface area contributed by atoms with E-state index in [1.54, 1.807) is 43.3 Å². The smallest absolute Gasteiger partial charge is 0.134 e. The minimum atomic E-state index is -0.629. The number of aromatic hydroxyl groups is 2. The summed E-state index contributed by atoms with van der Waals surface area (Å²) < 4.78 is 0. The molecule has 0 bridgehead atoms. The second kappa shape index (κ2) is 20.0. The van der Waals surface area contributed by atoms with Gasteiger partial charge in [0.25, 0.3) is 0 Å². The van der Waals surface area contributed by atoms with Gasteiger partial charge < -0.3 is 31.5 Å². The molecule has 6 aromatic carbocycles. The fourth-order valence-electron chi connectivity index (χ4n) is 5.55. The maximum Gasteiger partial charge on any atom is 0.134 e. The van der Waals surface area contributed by atoms with Crippen LogP contribution in [0.3, 0.4) is 0 Å². The first-order chi connectivity index (χ1) is 23.6. The molecular weight excluding hydrogens is 648 g/mol. The van der Waals surface area contributed by atoms with Crippen LogP contribution >= 0.6 is 12.4 Å². The van der Waals surface area contributed by atoms with E-state index in [9.17, 15) is 20.1 Å². The molecule has 0 aliphatic rings. The van der Waals surface area contributed by atoms with Gasteiger partial charge in [0.15, 0.2) is 0 Å². The molecule has 7 nitrogen and oxygen atoms in total. The summed E-state index contributed by atoms with van der Waals surface area (Å²) in [6, 6.07) is 42.3. The quantitative estimate of drug-likeness (QED) is 0.0870. The lowest BCUT2D eigenvalue weighted by molar-refractivity contribution is -0.116. The predicted molar refractivity (Wildman–Crippen MR) is 206 cm³/mol. The third-order valence-corrected chi connectivity index (χ3v) is 8.16. The molecule has 0 saturated heterocycles. The normalized spacial score (nSPS) is 12.3. The first-order valence-electron chi connectivity index (χ1n) is 16.4. The monoisotopic (exact) mass is 694 g/mol. The van der Waals surface area contributed by atoms with E-state index in [1.807, 2.05) is 24.3 Å². The third-order valence-electron chi connectivity index (χ3n) is 8.16. The number of phenolic OH excluding ortho intramolecular Hbond substituents is 2. The van der Waals surface area contributed by atoms with Crippen molar-refractivity contribution in [2.24, 2.45) is 5.73 Å². The van der Waals surface area contributed by atoms with Gasteiger partial charge in [0.05, 0.1) is 12.2 Å². The Bertz CT molecular complexity index is 1900. The average Bonchev–Trinajstić information content (AvgIpc) is 3.11. The SMILES string of the molecule is CC(=O)Cc1cccc2ccccc12.CC(Cc1cccc2ccccc12)NCC(O)c1ccc(O)cc1.Cl.NCC(O)c1ccc(O)cc1. The second-order valence-corrected chi connectivity index (χ2v) is 12.1. The Kier molecular flexibility index (Phi) is 15.9. The molecular formula is C42H47ClN2O5. The summed E-state index contributed by atoms with van der Waals surface area (Å²) >= 11 is 0. The van der Waals surface area contributed by atoms with Crippen molar-refractivity contribution < 1.29 is 25.2 Å². The highest BCUT2D eigenvalue weighted by atomic mass is 35.5. The molecule has 0 fully saturated rings. The van der Waals surface area contributed by atoms with Crippen LogP contribution in [0.15, 0.2) is 133 Å². The van der Waals surface area contributed by atoms with Crippen LogP contribution in [0.2, 0.25) is 0 Å². The van der Waals surface area contributed by atoms with Gasteiger partial charge in [0.1, 0.15) is 17.3 Å². The number of benzene rings is 6. The number of aliphatic hydroxyl groups excluding tert-OH is 2. The van der Waals surface area contributed by atoms with E-state index in [2.05, 4.69) is 72.9 Å². The molecule has 0 aliphatic carbocycles. The van der Waals surface area contributed by atoms with E-state index in [0.29, 0.717) is 13.0 Å². The number of phenols is 2. The van der Waals surface area contributed by atoms with Crippen molar-refractivity contribution in [2.45, 2.75) is 44.9 Å². The molecule has 7 N–H and O–H groups in total. The summed E-state index contributed by atoms with van der Waals surface area (Å²) in [5.74, 6) is 0.613. The van der Waals surface area contributed by atoms with Gasteiger partial charge in [0.2, 0.25) is 0 Å². The molecule has 0 aliphatic heterocycles. The van der Waals surface area contributed by atoms with Crippen LogP contribution in [-0.4, -0.2) is 45.3 Å². The van der Waals surface area contributed by atoms with Crippen molar-refractivity contribution in [3.8, 4) is 11.5 Å². The fraction of sp³-hybridized carbons (Fsp3) is 0.214. The summed E-state index contributed by atoms with van der Waals surface area (Å²) in [6.07, 6.45) is 0.224. The zero-order chi connectivity index (χ0) is 35.2. The number of carbonyl (C=O) groups is 1. The Morgan fingerprint density at radius 3 is 1.58 bits per heavy atom. The number of carbonyl (C=O) groups excluding carboxylic acids is 1. The Hall–Kier alpha value is -4.76. The number of hydrogen-bond acceptors (Lipinski definition) is 7. The molecule has 6 aromatic rings. The number of fused-ring (bicyclic) bond motifs is 2. The highest BCUT2D eigenvalue weighted by Gasteiger charge is 2.11. The van der Waals surface area contributed by atoms with Gasteiger partial charge in [-0.25, -0.2) is 0 Å². The van der Waals surface area contributed by atoms with Gasteiger partial charge in [-0.1, -0.05) is 109 Å². The number of halogens is 1. The van der Waals surface area contributed by atoms with E-state index in [0.717, 1.165) is 23.1 Å². The highest BCUT2D eigenvalue weighted by Crippen LogP contribution is 2.21. The minimum Gasteiger partial charge on any atom is -0.508 e. The lowest BCUT2D eigenvalue weighted by Crippen LogP contribution is -2.32. The Balaban J connectivity index is 0.000000221. The topological polar surface area (TPSA) is 136 Å². The zero-order valence-corrected chi connectivity index (χ0v) is 29.3. The molecule has 0 spiro atoms. The van der Waals surface area contributed by atoms with E-state index in [-0.39, 0.29) is 42.3 Å². The van der Waals surface area contributed by atoms with Gasteiger partial charge in [-0.05, 0) is 88.3 Å². The third kappa shape index (κ3) is 12.0. The molecule has 8 heteroatoms. The van der Waals surface area contributed by atoms with E-state index in [1.165, 1.54) is 39.2 Å². The summed E-state index contributed by atoms with van der Waals surface area (Å²) in [5, 5.41) is 46.0. The lowest BCUT2D eigenvalue weighted by atomic mass is 9.99. The molecule has 0 heterocycles. The molecule has 262 valence electrons. The average molecular weight is 695 g/mol. The summed E-state index contributed by atoms with van der Waals surface area (Å²) in [5.41, 5.74) is 9.19. The van der Waals surface area contributed by atoms with Crippen LogP contribution < -0.4 is 11.1 Å². The maximum atomic E-state index is 11.1. The molecule has 3 unspecified atom stereocenters. The molecule has 50 heavy (non-hydrogen) atoms. The van der Waals surface area contributed by atoms with Crippen LogP contribution in [0.25, 0.3) is 21.5 Å². The predicted octanol–water partition coefficient (Wildman–Crippen LogP) is 7.58. The molecule has 0 saturated carbocycles. The largest absolute Gasteiger partial charge is 0.508 e. The van der Waals surface area contributed by atoms with Crippen LogP contribution in [0.5, 0.6) is 11.5 Å². The van der Waals surface area contributed by atoms with Crippen LogP contribution in [0.1, 0.15) is 48.3 Å². The summed E-state index contributed by atoms with van der Waals surface area (Å²) in [6.45, 7) is 4.44. The maximum absolute atomic E-state index is 11.1. The highest BCUT2D eigenvalue weighted by molar-refractivity contribution is 5.90. The van der Waals surface area contributed by atoms with Gasteiger partial charge in [-0.15, -0.1) is 12.4 Å². The van der Waals surface area contributed by atoms with E-state index < -0.39 is 12.2 Å². The number of nitrogens with two attached hydrogens (primary N) is 1. The van der Waals surface area contributed by atoms with Crippen LogP contribution in [-0.2, 0) is 17.6 Å². The first-order valence-corrected chi connectivity index (χ1v) is 16.4. The minimum absolute atomic E-state index is 0. The number of hydrogen-bond donors (Lipinski definition) is 6. The molecule has 0 amide bonds. The van der Waals surface area contributed by atoms with Crippen molar-refractivity contribution in [1.82, 2.24) is 5.32 Å². The van der Waals surface area contributed by atoms with Crippen molar-refractivity contribution in [3.05, 3.63) is 156 Å². The molecule has 6 rings (SSSR count). The van der Waals surface area contributed by atoms with Crippen molar-refractivity contribution in [1.29, 1.82) is 0 Å². The van der Waals surface area contributed by atoms with Gasteiger partial charge >= 0.3 is 0 Å². The van der Waals surface area contributed by atoms with E-state index >= 15 is 0 Å². The Morgan fingerprint density at radius 1 is 0.640 bits per heavy atom. The Labute approximate surface area is 300 Å². The Morgan fingerprint density at radius 2 is 1.08 bits per heavy atom. The van der Waals surface area contributed by atoms with Crippen molar-refractivity contribution in [2.75, 3.05) is 13.1 Å². The van der Waals surface area contributed by atoms with E-state index in [4.69, 9.17) is 10.8 Å². The molecule has 0 aromatic heterocycles. The first kappa shape index (κ1) is 39.7. The molecule has 0 radical (unpaired) electrons. The van der Waals surface area contributed by atoms with Crippen LogP contribution in [0, 0.1) is 0 Å².